The molecule has 1 aliphatic heterocycles. The number of hydrogen-bond donors (Lipinski definition) is 1. The van der Waals surface area contributed by atoms with Crippen molar-refractivity contribution in [1.29, 1.82) is 0 Å². The summed E-state index contributed by atoms with van der Waals surface area (Å²) in [5, 5.41) is 3.50. The minimum Gasteiger partial charge on any atom is -0.384 e. The second-order valence-electron chi connectivity index (χ2n) is 7.10. The molecule has 26 heavy (non-hydrogen) atoms. The molecule has 1 aliphatic carbocycles. The summed E-state index contributed by atoms with van der Waals surface area (Å²) in [5.74, 6) is 2.32. The highest BCUT2D eigenvalue weighted by atomic mass is 16.5. The molecule has 4 rings (SSSR count). The van der Waals surface area contributed by atoms with Crippen LogP contribution in [0.15, 0.2) is 6.33 Å². The molecule has 8 nitrogen and oxygen atoms in total. The molecule has 1 saturated carbocycles. The number of amides is 1. The zero-order chi connectivity index (χ0) is 18.1. The van der Waals surface area contributed by atoms with E-state index >= 15 is 0 Å². The molecule has 0 radical (unpaired) electrons. The summed E-state index contributed by atoms with van der Waals surface area (Å²) in [7, 11) is 1.69. The minimum absolute atomic E-state index is 0.213. The van der Waals surface area contributed by atoms with Gasteiger partial charge in [0.15, 0.2) is 17.0 Å². The predicted octanol–water partition coefficient (Wildman–Crippen LogP) is 1.46. The van der Waals surface area contributed by atoms with E-state index in [1.54, 1.807) is 13.4 Å². The summed E-state index contributed by atoms with van der Waals surface area (Å²) in [6.07, 6.45) is 5.38. The molecule has 8 heteroatoms. The molecule has 0 aromatic carbocycles. The second kappa shape index (κ2) is 7.19. The summed E-state index contributed by atoms with van der Waals surface area (Å²) in [6.45, 7) is 5.08. The molecule has 0 bridgehead atoms. The first-order valence-electron chi connectivity index (χ1n) is 9.45. The van der Waals surface area contributed by atoms with Gasteiger partial charge in [-0.3, -0.25) is 4.79 Å². The summed E-state index contributed by atoms with van der Waals surface area (Å²) in [4.78, 5) is 27.9. The van der Waals surface area contributed by atoms with Crippen LogP contribution in [0, 0.1) is 5.92 Å². The highest BCUT2D eigenvalue weighted by Crippen LogP contribution is 2.32. The monoisotopic (exact) mass is 358 g/mol. The lowest BCUT2D eigenvalue weighted by atomic mass is 10.2. The Labute approximate surface area is 153 Å². The van der Waals surface area contributed by atoms with Gasteiger partial charge in [0.2, 0.25) is 5.91 Å². The Morgan fingerprint density at radius 3 is 2.92 bits per heavy atom. The van der Waals surface area contributed by atoms with Gasteiger partial charge in [0.25, 0.3) is 0 Å². The van der Waals surface area contributed by atoms with E-state index in [-0.39, 0.29) is 12.0 Å². The van der Waals surface area contributed by atoms with Gasteiger partial charge < -0.3 is 19.5 Å². The molecule has 2 fully saturated rings. The Morgan fingerprint density at radius 2 is 2.19 bits per heavy atom. The number of nitrogens with zero attached hydrogens (tertiary/aromatic N) is 5. The smallest absolute Gasteiger partial charge is 0.225 e. The molecular weight excluding hydrogens is 332 g/mol. The molecule has 1 saturated heterocycles. The fourth-order valence-electron chi connectivity index (χ4n) is 3.66. The first kappa shape index (κ1) is 17.2. The van der Waals surface area contributed by atoms with Crippen molar-refractivity contribution in [2.45, 2.75) is 45.2 Å². The Kier molecular flexibility index (Phi) is 4.76. The molecular formula is C18H26N6O2. The number of carbonyl (C=O) groups is 1. The van der Waals surface area contributed by atoms with Crippen LogP contribution in [0.4, 0.5) is 5.82 Å². The number of anilines is 1. The van der Waals surface area contributed by atoms with Crippen LogP contribution in [0.5, 0.6) is 0 Å². The van der Waals surface area contributed by atoms with Crippen molar-refractivity contribution in [3.8, 4) is 0 Å². The Bertz CT molecular complexity index is 800. The van der Waals surface area contributed by atoms with Crippen LogP contribution in [0.2, 0.25) is 0 Å². The van der Waals surface area contributed by atoms with Crippen LogP contribution in [0.1, 0.15) is 32.0 Å². The van der Waals surface area contributed by atoms with E-state index in [0.717, 1.165) is 68.1 Å². The maximum Gasteiger partial charge on any atom is 0.225 e. The molecule has 2 aromatic rings. The lowest BCUT2D eigenvalue weighted by Gasteiger charge is -2.17. The van der Waals surface area contributed by atoms with Crippen molar-refractivity contribution in [2.75, 3.05) is 32.1 Å². The highest BCUT2D eigenvalue weighted by molar-refractivity contribution is 5.84. The van der Waals surface area contributed by atoms with E-state index < -0.39 is 0 Å². The SMILES string of the molecule is CCn1c(CCOC)nc2c(N[C@H]3CCN(C(=O)C4CC4)C3)ncnc21. The van der Waals surface area contributed by atoms with E-state index in [1.165, 1.54) is 0 Å². The number of ether oxygens (including phenoxy) is 1. The third-order valence-corrected chi connectivity index (χ3v) is 5.22. The first-order chi connectivity index (χ1) is 12.7. The molecule has 0 unspecified atom stereocenters. The Hall–Kier alpha value is -2.22. The van der Waals surface area contributed by atoms with Gasteiger partial charge in [0.1, 0.15) is 12.2 Å². The molecule has 1 amide bonds. The third-order valence-electron chi connectivity index (χ3n) is 5.22. The Balaban J connectivity index is 1.53. The van der Waals surface area contributed by atoms with Crippen molar-refractivity contribution in [3.63, 3.8) is 0 Å². The number of methoxy groups -OCH3 is 1. The van der Waals surface area contributed by atoms with Crippen LogP contribution >= 0.6 is 0 Å². The van der Waals surface area contributed by atoms with Crippen LogP contribution in [-0.2, 0) is 22.5 Å². The molecule has 2 aromatic heterocycles. The van der Waals surface area contributed by atoms with Gasteiger partial charge in [0.05, 0.1) is 6.61 Å². The number of likely N-dealkylation sites (tertiary alicyclic amines) is 1. The van der Waals surface area contributed by atoms with Gasteiger partial charge in [0, 0.05) is 45.1 Å². The summed E-state index contributed by atoms with van der Waals surface area (Å²) in [5.41, 5.74) is 1.65. The fourth-order valence-corrected chi connectivity index (χ4v) is 3.66. The maximum atomic E-state index is 12.3. The van der Waals surface area contributed by atoms with E-state index in [4.69, 9.17) is 9.72 Å². The van der Waals surface area contributed by atoms with Crippen molar-refractivity contribution >= 4 is 22.9 Å². The average Bonchev–Trinajstić information content (AvgIpc) is 3.29. The standard InChI is InChI=1S/C18H26N6O2/c1-3-24-14(7-9-26-2)22-15-16(19-11-20-17(15)24)21-13-6-8-23(10-13)18(25)12-4-5-12/h11-13H,3-10H2,1-2H3,(H,19,20,21)/t13-/m0/s1. The van der Waals surface area contributed by atoms with Gasteiger partial charge in [-0.05, 0) is 26.2 Å². The molecule has 140 valence electrons. The number of hydrogen-bond acceptors (Lipinski definition) is 6. The number of imidazole rings is 1. The zero-order valence-corrected chi connectivity index (χ0v) is 15.4. The van der Waals surface area contributed by atoms with Crippen molar-refractivity contribution in [1.82, 2.24) is 24.4 Å². The van der Waals surface area contributed by atoms with Crippen LogP contribution < -0.4 is 5.32 Å². The number of rotatable bonds is 7. The number of fused-ring (bicyclic) bond motifs is 1. The number of nitrogens with one attached hydrogen (secondary N) is 1. The average molecular weight is 358 g/mol. The largest absolute Gasteiger partial charge is 0.384 e. The molecule has 1 atom stereocenters. The lowest BCUT2D eigenvalue weighted by molar-refractivity contribution is -0.131. The molecule has 2 aliphatic rings. The van der Waals surface area contributed by atoms with Gasteiger partial charge in [-0.25, -0.2) is 15.0 Å². The Morgan fingerprint density at radius 1 is 1.35 bits per heavy atom. The van der Waals surface area contributed by atoms with Crippen molar-refractivity contribution < 1.29 is 9.53 Å². The first-order valence-corrected chi connectivity index (χ1v) is 9.45. The van der Waals surface area contributed by atoms with E-state index in [2.05, 4.69) is 26.8 Å². The van der Waals surface area contributed by atoms with Crippen LogP contribution in [0.25, 0.3) is 11.2 Å². The minimum atomic E-state index is 0.213. The fraction of sp³-hybridized carbons (Fsp3) is 0.667. The van der Waals surface area contributed by atoms with Gasteiger partial charge in [-0.15, -0.1) is 0 Å². The number of carbonyl (C=O) groups excluding carboxylic acids is 1. The summed E-state index contributed by atoms with van der Waals surface area (Å²) in [6, 6.07) is 0.213. The quantitative estimate of drug-likeness (QED) is 0.806. The van der Waals surface area contributed by atoms with Crippen molar-refractivity contribution in [2.24, 2.45) is 5.92 Å². The topological polar surface area (TPSA) is 85.2 Å². The number of aromatic nitrogens is 4. The summed E-state index contributed by atoms with van der Waals surface area (Å²) < 4.78 is 7.31. The number of aryl methyl sites for hydroxylation is 1. The van der Waals surface area contributed by atoms with E-state index in [0.29, 0.717) is 12.5 Å². The van der Waals surface area contributed by atoms with Gasteiger partial charge >= 0.3 is 0 Å². The second-order valence-corrected chi connectivity index (χ2v) is 7.10. The van der Waals surface area contributed by atoms with Crippen LogP contribution in [-0.4, -0.2) is 63.2 Å². The van der Waals surface area contributed by atoms with E-state index in [1.807, 2.05) is 4.90 Å². The summed E-state index contributed by atoms with van der Waals surface area (Å²) >= 11 is 0. The van der Waals surface area contributed by atoms with E-state index in [9.17, 15) is 4.79 Å². The predicted molar refractivity (Wildman–Crippen MR) is 97.9 cm³/mol. The molecule has 1 N–H and O–H groups in total. The maximum absolute atomic E-state index is 12.3. The highest BCUT2D eigenvalue weighted by Gasteiger charge is 2.36. The van der Waals surface area contributed by atoms with Crippen LogP contribution in [0.3, 0.4) is 0 Å². The van der Waals surface area contributed by atoms with Gasteiger partial charge in [-0.2, -0.15) is 0 Å². The molecule has 3 heterocycles. The normalized spacial score (nSPS) is 20.1. The van der Waals surface area contributed by atoms with Crippen molar-refractivity contribution in [3.05, 3.63) is 12.2 Å². The zero-order valence-electron chi connectivity index (χ0n) is 15.4. The van der Waals surface area contributed by atoms with Gasteiger partial charge in [-0.1, -0.05) is 0 Å². The lowest BCUT2D eigenvalue weighted by Crippen LogP contribution is -2.32. The molecule has 0 spiro atoms. The third kappa shape index (κ3) is 3.25.